The SMILES string of the molecule is CC(Cc1ccc(C(=O)O)s1)N(CCOc1cc(C(F)(F)F)cc(C(F)(F)F)c1)S(C)(=O)=O. The summed E-state index contributed by atoms with van der Waals surface area (Å²) in [5.41, 5.74) is -3.10. The van der Waals surface area contributed by atoms with Crippen LogP contribution in [-0.2, 0) is 28.8 Å². The first kappa shape index (κ1) is 26.9. The summed E-state index contributed by atoms with van der Waals surface area (Å²) >= 11 is 0.960. The monoisotopic (exact) mass is 519 g/mol. The van der Waals surface area contributed by atoms with Crippen LogP contribution >= 0.6 is 11.3 Å². The lowest BCUT2D eigenvalue weighted by Gasteiger charge is -2.26. The summed E-state index contributed by atoms with van der Waals surface area (Å²) in [5.74, 6) is -1.84. The third-order valence-electron chi connectivity index (χ3n) is 4.43. The number of hydrogen-bond donors (Lipinski definition) is 1. The van der Waals surface area contributed by atoms with E-state index >= 15 is 0 Å². The molecule has 2 aromatic rings. The van der Waals surface area contributed by atoms with Gasteiger partial charge in [0.1, 0.15) is 17.2 Å². The standard InChI is InChI=1S/C19H19F6NO5S2/c1-11(7-15-3-4-16(32-15)17(27)28)26(33(2,29)30)5-6-31-14-9-12(18(20,21)22)8-13(10-14)19(23,24)25/h3-4,8-11H,5-7H2,1-2H3,(H,27,28). The molecule has 1 atom stereocenters. The van der Waals surface area contributed by atoms with Crippen LogP contribution in [-0.4, -0.2) is 49.2 Å². The molecule has 0 aliphatic rings. The molecule has 2 rings (SSSR count). The van der Waals surface area contributed by atoms with Crippen molar-refractivity contribution in [3.63, 3.8) is 0 Å². The van der Waals surface area contributed by atoms with Gasteiger partial charge < -0.3 is 9.84 Å². The Hall–Kier alpha value is -2.32. The first-order chi connectivity index (χ1) is 15.0. The number of aromatic carboxylic acids is 1. The number of thiophene rings is 1. The smallest absolute Gasteiger partial charge is 0.416 e. The molecule has 6 nitrogen and oxygen atoms in total. The Bertz CT molecular complexity index is 1060. The molecule has 0 aliphatic heterocycles. The Kier molecular flexibility index (Phi) is 8.07. The molecule has 0 saturated carbocycles. The van der Waals surface area contributed by atoms with Crippen LogP contribution in [0.15, 0.2) is 30.3 Å². The molecule has 184 valence electrons. The molecule has 1 unspecified atom stereocenters. The number of carboxylic acid groups (broad SMARTS) is 1. The number of benzene rings is 1. The minimum absolute atomic E-state index is 0.0376. The molecule has 0 aliphatic carbocycles. The molecule has 1 aromatic carbocycles. The number of hydrogen-bond acceptors (Lipinski definition) is 5. The number of carbonyl (C=O) groups is 1. The van der Waals surface area contributed by atoms with Crippen LogP contribution in [0, 0.1) is 0 Å². The maximum Gasteiger partial charge on any atom is 0.416 e. The lowest BCUT2D eigenvalue weighted by atomic mass is 10.1. The molecule has 1 N–H and O–H groups in total. The van der Waals surface area contributed by atoms with Crippen molar-refractivity contribution in [2.75, 3.05) is 19.4 Å². The van der Waals surface area contributed by atoms with Gasteiger partial charge in [-0.1, -0.05) is 0 Å². The van der Waals surface area contributed by atoms with Crippen molar-refractivity contribution in [2.24, 2.45) is 0 Å². The summed E-state index contributed by atoms with van der Waals surface area (Å²) < 4.78 is 108. The van der Waals surface area contributed by atoms with Crippen molar-refractivity contribution < 1.29 is 49.4 Å². The summed E-state index contributed by atoms with van der Waals surface area (Å²) in [4.78, 5) is 11.6. The van der Waals surface area contributed by atoms with E-state index in [9.17, 15) is 39.6 Å². The number of carboxylic acids is 1. The van der Waals surface area contributed by atoms with E-state index in [0.717, 1.165) is 21.9 Å². The van der Waals surface area contributed by atoms with Gasteiger partial charge in [0.15, 0.2) is 0 Å². The number of ether oxygens (including phenoxy) is 1. The van der Waals surface area contributed by atoms with Crippen LogP contribution in [0.3, 0.4) is 0 Å². The van der Waals surface area contributed by atoms with Crippen LogP contribution in [0.4, 0.5) is 26.3 Å². The number of rotatable bonds is 9. The first-order valence-corrected chi connectivity index (χ1v) is 11.9. The topological polar surface area (TPSA) is 83.9 Å². The number of halogens is 6. The van der Waals surface area contributed by atoms with Gasteiger partial charge in [-0.3, -0.25) is 0 Å². The summed E-state index contributed by atoms with van der Waals surface area (Å²) in [6, 6.07) is 2.99. The zero-order valence-corrected chi connectivity index (χ0v) is 18.8. The van der Waals surface area contributed by atoms with Gasteiger partial charge in [0.05, 0.1) is 17.4 Å². The van der Waals surface area contributed by atoms with Crippen LogP contribution in [0.1, 0.15) is 32.6 Å². The van der Waals surface area contributed by atoms with E-state index in [1.165, 1.54) is 19.1 Å². The molecule has 0 bridgehead atoms. The van der Waals surface area contributed by atoms with Crippen molar-refractivity contribution >= 4 is 27.3 Å². The molecule has 0 radical (unpaired) electrons. The van der Waals surface area contributed by atoms with Gasteiger partial charge in [0, 0.05) is 17.5 Å². The van der Waals surface area contributed by atoms with E-state index in [-0.39, 0.29) is 23.9 Å². The molecule has 33 heavy (non-hydrogen) atoms. The molecule has 1 heterocycles. The van der Waals surface area contributed by atoms with E-state index in [0.29, 0.717) is 17.0 Å². The average molecular weight is 519 g/mol. The lowest BCUT2D eigenvalue weighted by molar-refractivity contribution is -0.143. The minimum Gasteiger partial charge on any atom is -0.492 e. The highest BCUT2D eigenvalue weighted by Crippen LogP contribution is 2.38. The van der Waals surface area contributed by atoms with Gasteiger partial charge in [-0.2, -0.15) is 30.6 Å². The van der Waals surface area contributed by atoms with Crippen molar-refractivity contribution in [1.82, 2.24) is 4.31 Å². The summed E-state index contributed by atoms with van der Waals surface area (Å²) in [7, 11) is -3.83. The van der Waals surface area contributed by atoms with E-state index < -0.39 is 57.9 Å². The molecule has 1 aromatic heterocycles. The Labute approximate surface area is 189 Å². The lowest BCUT2D eigenvalue weighted by Crippen LogP contribution is -2.41. The highest BCUT2D eigenvalue weighted by Gasteiger charge is 2.37. The van der Waals surface area contributed by atoms with Gasteiger partial charge in [0.25, 0.3) is 0 Å². The van der Waals surface area contributed by atoms with Crippen LogP contribution in [0.2, 0.25) is 0 Å². The quantitative estimate of drug-likeness (QED) is 0.484. The molecule has 0 spiro atoms. The zero-order chi connectivity index (χ0) is 25.2. The van der Waals surface area contributed by atoms with Crippen molar-refractivity contribution in [1.29, 1.82) is 0 Å². The molecule has 0 amide bonds. The van der Waals surface area contributed by atoms with Crippen LogP contribution < -0.4 is 4.74 Å². The summed E-state index contributed by atoms with van der Waals surface area (Å²) in [6.07, 6.45) is -9.04. The predicted octanol–water partition coefficient (Wildman–Crippen LogP) is 4.76. The number of sulfonamides is 1. The van der Waals surface area contributed by atoms with Gasteiger partial charge in [-0.25, -0.2) is 13.2 Å². The van der Waals surface area contributed by atoms with Gasteiger partial charge in [0.2, 0.25) is 10.0 Å². The molecule has 14 heteroatoms. The van der Waals surface area contributed by atoms with E-state index in [2.05, 4.69) is 0 Å². The second kappa shape index (κ2) is 9.89. The van der Waals surface area contributed by atoms with E-state index in [1.54, 1.807) is 0 Å². The van der Waals surface area contributed by atoms with Gasteiger partial charge >= 0.3 is 18.3 Å². The van der Waals surface area contributed by atoms with Crippen molar-refractivity contribution in [3.8, 4) is 5.75 Å². The van der Waals surface area contributed by atoms with Crippen molar-refractivity contribution in [3.05, 3.63) is 51.2 Å². The molecular formula is C19H19F6NO5S2. The van der Waals surface area contributed by atoms with Gasteiger partial charge in [-0.15, -0.1) is 11.3 Å². The second-order valence-corrected chi connectivity index (χ2v) is 10.2. The maximum atomic E-state index is 13.0. The zero-order valence-electron chi connectivity index (χ0n) is 17.2. The van der Waals surface area contributed by atoms with Crippen LogP contribution in [0.25, 0.3) is 0 Å². The maximum absolute atomic E-state index is 13.0. The second-order valence-electron chi connectivity index (χ2n) is 7.09. The Morgan fingerprint density at radius 2 is 1.64 bits per heavy atom. The van der Waals surface area contributed by atoms with Crippen LogP contribution in [0.5, 0.6) is 5.75 Å². The van der Waals surface area contributed by atoms with E-state index in [4.69, 9.17) is 9.84 Å². The largest absolute Gasteiger partial charge is 0.492 e. The number of alkyl halides is 6. The van der Waals surface area contributed by atoms with Gasteiger partial charge in [-0.05, 0) is 43.7 Å². The summed E-state index contributed by atoms with van der Waals surface area (Å²) in [5, 5.41) is 8.98. The Balaban J connectivity index is 2.16. The third kappa shape index (κ3) is 7.61. The highest BCUT2D eigenvalue weighted by atomic mass is 32.2. The Morgan fingerprint density at radius 1 is 1.09 bits per heavy atom. The number of nitrogens with zero attached hydrogens (tertiary/aromatic N) is 1. The predicted molar refractivity (Wildman–Crippen MR) is 108 cm³/mol. The van der Waals surface area contributed by atoms with Crippen molar-refractivity contribution in [2.45, 2.75) is 31.7 Å². The third-order valence-corrected chi connectivity index (χ3v) is 6.92. The minimum atomic E-state index is -5.04. The fourth-order valence-electron chi connectivity index (χ4n) is 2.97. The molecule has 0 saturated heterocycles. The fraction of sp³-hybridized carbons (Fsp3) is 0.421. The average Bonchev–Trinajstić information content (AvgIpc) is 3.11. The molecule has 0 fully saturated rings. The first-order valence-electron chi connectivity index (χ1n) is 9.19. The normalized spacial score (nSPS) is 13.8. The van der Waals surface area contributed by atoms with E-state index in [1.807, 2.05) is 0 Å². The fourth-order valence-corrected chi connectivity index (χ4v) is 5.07. The highest BCUT2D eigenvalue weighted by molar-refractivity contribution is 7.88. The summed E-state index contributed by atoms with van der Waals surface area (Å²) in [6.45, 7) is 0.669. The molecular weight excluding hydrogens is 500 g/mol. The Morgan fingerprint density at radius 3 is 2.06 bits per heavy atom.